The van der Waals surface area contributed by atoms with Crippen LogP contribution in [-0.2, 0) is 4.57 Å². The second-order valence-electron chi connectivity index (χ2n) is 5.52. The molecule has 25 heavy (non-hydrogen) atoms. The van der Waals surface area contributed by atoms with E-state index in [1.165, 1.54) is 24.3 Å². The molecule has 3 aromatic rings. The lowest BCUT2D eigenvalue weighted by Gasteiger charge is -2.19. The maximum atomic E-state index is 13.7. The van der Waals surface area contributed by atoms with Crippen LogP contribution in [0.2, 0.25) is 0 Å². The zero-order chi connectivity index (χ0) is 17.7. The van der Waals surface area contributed by atoms with E-state index in [0.29, 0.717) is 16.4 Å². The van der Waals surface area contributed by atoms with E-state index >= 15 is 0 Å². The Balaban J connectivity index is 2.08. The molecule has 1 N–H and O–H groups in total. The minimum atomic E-state index is -3.49. The zero-order valence-electron chi connectivity index (χ0n) is 13.3. The highest BCUT2D eigenvalue weighted by Crippen LogP contribution is 2.55. The van der Waals surface area contributed by atoms with Crippen LogP contribution in [-0.4, -0.2) is 5.11 Å². The van der Waals surface area contributed by atoms with Crippen LogP contribution >= 0.6 is 7.14 Å². The highest BCUT2D eigenvalue weighted by Gasteiger charge is 2.33. The molecule has 4 heteroatoms. The number of benzene rings is 3. The van der Waals surface area contributed by atoms with Crippen LogP contribution in [0, 0.1) is 17.4 Å². The van der Waals surface area contributed by atoms with E-state index in [1.807, 2.05) is 36.4 Å². The van der Waals surface area contributed by atoms with Gasteiger partial charge in [-0.3, -0.25) is 0 Å². The summed E-state index contributed by atoms with van der Waals surface area (Å²) in [4.78, 5) is 0. The summed E-state index contributed by atoms with van der Waals surface area (Å²) in [6, 6.07) is 23.2. The Hall–Kier alpha value is -2.66. The Bertz CT molecular complexity index is 942. The fourth-order valence-electron chi connectivity index (χ4n) is 2.43. The van der Waals surface area contributed by atoms with Crippen molar-refractivity contribution < 1.29 is 14.1 Å². The number of hydrogen-bond acceptors (Lipinski definition) is 2. The number of aliphatic hydroxyl groups excluding tert-OH is 1. The summed E-state index contributed by atoms with van der Waals surface area (Å²) in [7, 11) is -3.49. The number of rotatable bonds is 3. The van der Waals surface area contributed by atoms with Gasteiger partial charge in [-0.25, -0.2) is 4.39 Å². The molecule has 0 saturated heterocycles. The molecular weight excluding hydrogens is 334 g/mol. The average Bonchev–Trinajstić information content (AvgIpc) is 2.67. The average molecular weight is 350 g/mol. The van der Waals surface area contributed by atoms with Gasteiger partial charge in [0.1, 0.15) is 11.7 Å². The Kier molecular flexibility index (Phi) is 5.14. The molecule has 0 aliphatic carbocycles. The third-order valence-electron chi connectivity index (χ3n) is 3.79. The van der Waals surface area contributed by atoms with E-state index in [0.717, 1.165) is 0 Å². The van der Waals surface area contributed by atoms with Gasteiger partial charge in [0.25, 0.3) is 0 Å². The number of aliphatic hydroxyl groups is 1. The van der Waals surface area contributed by atoms with E-state index < -0.39 is 18.8 Å². The highest BCUT2D eigenvalue weighted by atomic mass is 31.2. The first-order valence-corrected chi connectivity index (χ1v) is 9.54. The van der Waals surface area contributed by atoms with Gasteiger partial charge in [-0.05, 0) is 35.5 Å². The van der Waals surface area contributed by atoms with Crippen LogP contribution < -0.4 is 5.30 Å². The quantitative estimate of drug-likeness (QED) is 0.557. The maximum Gasteiger partial charge on any atom is 0.214 e. The highest BCUT2D eigenvalue weighted by molar-refractivity contribution is 7.76. The smallest absolute Gasteiger partial charge is 0.214 e. The molecule has 3 rings (SSSR count). The van der Waals surface area contributed by atoms with Crippen molar-refractivity contribution in [1.29, 1.82) is 0 Å². The normalized spacial score (nSPS) is 14.0. The molecule has 124 valence electrons. The first-order valence-electron chi connectivity index (χ1n) is 7.77. The molecule has 2 atom stereocenters. The maximum absolute atomic E-state index is 13.7. The summed E-state index contributed by atoms with van der Waals surface area (Å²) in [5.74, 6) is 1.16. The molecular formula is C21H16FO2P. The van der Waals surface area contributed by atoms with Crippen molar-refractivity contribution in [2.75, 3.05) is 0 Å². The van der Waals surface area contributed by atoms with Crippen molar-refractivity contribution in [2.45, 2.75) is 5.85 Å². The molecule has 0 aliphatic heterocycles. The lowest BCUT2D eigenvalue weighted by atomic mass is 10.2. The fraction of sp³-hybridized carbons (Fsp3) is 0.0476. The SMILES string of the molecule is O=[P@](C#Cc1ccccc1)(c1ccccc1)[C@H](O)c1ccc(F)cc1. The van der Waals surface area contributed by atoms with Crippen LogP contribution in [0.1, 0.15) is 17.0 Å². The van der Waals surface area contributed by atoms with E-state index in [1.54, 1.807) is 24.3 Å². The molecule has 0 amide bonds. The topological polar surface area (TPSA) is 37.3 Å². The Morgan fingerprint density at radius 2 is 1.40 bits per heavy atom. The lowest BCUT2D eigenvalue weighted by molar-refractivity contribution is 0.257. The van der Waals surface area contributed by atoms with Gasteiger partial charge in [0.05, 0.1) is 0 Å². The Morgan fingerprint density at radius 3 is 2.00 bits per heavy atom. The minimum absolute atomic E-state index is 0.371. The van der Waals surface area contributed by atoms with Crippen molar-refractivity contribution in [3.8, 4) is 11.6 Å². The Morgan fingerprint density at radius 1 is 0.840 bits per heavy atom. The van der Waals surface area contributed by atoms with Crippen molar-refractivity contribution in [3.63, 3.8) is 0 Å². The van der Waals surface area contributed by atoms with Gasteiger partial charge in [0, 0.05) is 10.9 Å². The summed E-state index contributed by atoms with van der Waals surface area (Å²) in [6.07, 6.45) is 0. The second-order valence-corrected chi connectivity index (χ2v) is 8.07. The summed E-state index contributed by atoms with van der Waals surface area (Å²) < 4.78 is 26.8. The predicted octanol–water partition coefficient (Wildman–Crippen LogP) is 4.51. The molecule has 0 aliphatic rings. The standard InChI is InChI=1S/C21H16FO2P/c22-19-13-11-18(12-14-19)21(23)25(24,20-9-5-2-6-10-20)16-15-17-7-3-1-4-8-17/h1-14,21,23H/t21-,25+/m0/s1. The van der Waals surface area contributed by atoms with Gasteiger partial charge in [0.15, 0.2) is 0 Å². The molecule has 0 aromatic heterocycles. The van der Waals surface area contributed by atoms with Crippen molar-refractivity contribution in [1.82, 2.24) is 0 Å². The van der Waals surface area contributed by atoms with Crippen LogP contribution in [0.25, 0.3) is 0 Å². The number of halogens is 1. The van der Waals surface area contributed by atoms with Gasteiger partial charge < -0.3 is 9.67 Å². The van der Waals surface area contributed by atoms with E-state index in [9.17, 15) is 14.1 Å². The molecule has 0 heterocycles. The molecule has 0 fully saturated rings. The van der Waals surface area contributed by atoms with Crippen LogP contribution in [0.15, 0.2) is 84.9 Å². The summed E-state index contributed by atoms with van der Waals surface area (Å²) in [6.45, 7) is 0. The largest absolute Gasteiger partial charge is 0.379 e. The molecule has 0 radical (unpaired) electrons. The number of hydrogen-bond donors (Lipinski definition) is 1. The van der Waals surface area contributed by atoms with Crippen molar-refractivity contribution in [2.24, 2.45) is 0 Å². The third-order valence-corrected chi connectivity index (χ3v) is 6.29. The van der Waals surface area contributed by atoms with Crippen LogP contribution in [0.5, 0.6) is 0 Å². The minimum Gasteiger partial charge on any atom is -0.379 e. The van der Waals surface area contributed by atoms with Gasteiger partial charge in [-0.1, -0.05) is 66.6 Å². The molecule has 2 nitrogen and oxygen atoms in total. The van der Waals surface area contributed by atoms with Gasteiger partial charge in [-0.2, -0.15) is 0 Å². The van der Waals surface area contributed by atoms with Gasteiger partial charge in [0.2, 0.25) is 7.14 Å². The lowest BCUT2D eigenvalue weighted by Crippen LogP contribution is -2.10. The Labute approximate surface area is 146 Å². The van der Waals surface area contributed by atoms with Crippen LogP contribution in [0.4, 0.5) is 4.39 Å². The fourth-order valence-corrected chi connectivity index (χ4v) is 4.47. The summed E-state index contributed by atoms with van der Waals surface area (Å²) >= 11 is 0. The molecule has 3 aromatic carbocycles. The first-order chi connectivity index (χ1) is 12.1. The van der Waals surface area contributed by atoms with E-state index in [2.05, 4.69) is 11.6 Å². The first kappa shape index (κ1) is 17.2. The molecule has 0 spiro atoms. The van der Waals surface area contributed by atoms with E-state index in [4.69, 9.17) is 0 Å². The monoisotopic (exact) mass is 350 g/mol. The molecule has 0 bridgehead atoms. The van der Waals surface area contributed by atoms with Gasteiger partial charge in [-0.15, -0.1) is 0 Å². The second kappa shape index (κ2) is 7.49. The molecule has 0 unspecified atom stereocenters. The third kappa shape index (κ3) is 3.88. The zero-order valence-corrected chi connectivity index (χ0v) is 14.2. The summed E-state index contributed by atoms with van der Waals surface area (Å²) in [5.41, 5.74) is 3.89. The summed E-state index contributed by atoms with van der Waals surface area (Å²) in [5, 5.41) is 11.2. The molecule has 0 saturated carbocycles. The van der Waals surface area contributed by atoms with Gasteiger partial charge >= 0.3 is 0 Å². The van der Waals surface area contributed by atoms with Crippen molar-refractivity contribution >= 4 is 12.4 Å². The van der Waals surface area contributed by atoms with Crippen molar-refractivity contribution in [3.05, 3.63) is 102 Å². The predicted molar refractivity (Wildman–Crippen MR) is 98.4 cm³/mol. The van der Waals surface area contributed by atoms with Crippen LogP contribution in [0.3, 0.4) is 0 Å². The van der Waals surface area contributed by atoms with E-state index in [-0.39, 0.29) is 0 Å².